The Kier molecular flexibility index (Phi) is 11.8. The van der Waals surface area contributed by atoms with E-state index in [1.807, 2.05) is 44.2 Å². The van der Waals surface area contributed by atoms with E-state index in [2.05, 4.69) is 25.3 Å². The monoisotopic (exact) mass is 633 g/mol. The first-order chi connectivity index (χ1) is 20.9. The number of amides is 3. The number of rotatable bonds is 13. The van der Waals surface area contributed by atoms with Crippen molar-refractivity contribution >= 4 is 69.7 Å². The topological polar surface area (TPSA) is 122 Å². The number of hydrogen-bond donors (Lipinski definition) is 3. The lowest BCUT2D eigenvalue weighted by Crippen LogP contribution is -2.30. The Morgan fingerprint density at radius 1 is 0.977 bits per heavy atom. The van der Waals surface area contributed by atoms with Crippen LogP contribution in [0.4, 0.5) is 10.8 Å². The van der Waals surface area contributed by atoms with Crippen LogP contribution in [-0.2, 0) is 9.59 Å². The Morgan fingerprint density at radius 3 is 2.51 bits per heavy atom. The molecule has 1 unspecified atom stereocenters. The van der Waals surface area contributed by atoms with Gasteiger partial charge in [-0.15, -0.1) is 11.8 Å². The Labute approximate surface area is 263 Å². The average Bonchev–Trinajstić information content (AvgIpc) is 3.45. The number of nitrogens with one attached hydrogen (secondary N) is 3. The summed E-state index contributed by atoms with van der Waals surface area (Å²) in [5.41, 5.74) is 1.61. The van der Waals surface area contributed by atoms with Crippen LogP contribution in [0, 0.1) is 0 Å². The molecule has 43 heavy (non-hydrogen) atoms. The van der Waals surface area contributed by atoms with Gasteiger partial charge >= 0.3 is 0 Å². The molecule has 1 atom stereocenters. The molecule has 4 aromatic rings. The first-order valence-corrected chi connectivity index (χ1v) is 16.2. The fourth-order valence-corrected chi connectivity index (χ4v) is 5.94. The van der Waals surface area contributed by atoms with E-state index in [1.54, 1.807) is 61.5 Å². The highest BCUT2D eigenvalue weighted by atomic mass is 32.2. The van der Waals surface area contributed by atoms with Crippen molar-refractivity contribution in [1.29, 1.82) is 0 Å². The van der Waals surface area contributed by atoms with Crippen LogP contribution < -0.4 is 20.7 Å². The number of carbonyl (C=O) groups is 3. The number of nitrogens with zero attached hydrogens (tertiary/aromatic N) is 2. The molecule has 9 nitrogen and oxygen atoms in total. The van der Waals surface area contributed by atoms with Gasteiger partial charge in [0.25, 0.3) is 11.8 Å². The zero-order valence-electron chi connectivity index (χ0n) is 23.8. The predicted molar refractivity (Wildman–Crippen MR) is 175 cm³/mol. The number of ether oxygens (including phenoxy) is 1. The lowest BCUT2D eigenvalue weighted by molar-refractivity contribution is -0.115. The summed E-state index contributed by atoms with van der Waals surface area (Å²) in [5, 5.41) is 9.10. The van der Waals surface area contributed by atoms with Gasteiger partial charge in [-0.2, -0.15) is 9.36 Å². The van der Waals surface area contributed by atoms with Crippen molar-refractivity contribution in [3.05, 3.63) is 95.7 Å². The van der Waals surface area contributed by atoms with Crippen LogP contribution in [-0.4, -0.2) is 44.7 Å². The highest BCUT2D eigenvalue weighted by Gasteiger charge is 2.19. The maximum atomic E-state index is 13.5. The van der Waals surface area contributed by atoms with Gasteiger partial charge in [-0.05, 0) is 62.1 Å². The molecule has 0 saturated heterocycles. The maximum absolute atomic E-state index is 13.5. The second-order valence-corrected chi connectivity index (χ2v) is 12.3. The molecular formula is C31H31N5O4S3. The van der Waals surface area contributed by atoms with Crippen molar-refractivity contribution < 1.29 is 19.1 Å². The largest absolute Gasteiger partial charge is 0.493 e. The molecule has 1 aromatic heterocycles. The number of benzene rings is 3. The Balaban J connectivity index is 1.49. The SMILES string of the molecule is CCOc1ccccc1/C=C(/NC(=O)c1ccccc1)C(=O)Nc1cccc(SC(C)C(=O)Nc2nc(SCC)ns2)c1. The summed E-state index contributed by atoms with van der Waals surface area (Å²) in [6.07, 6.45) is 1.59. The molecule has 0 aliphatic heterocycles. The van der Waals surface area contributed by atoms with E-state index in [0.29, 0.717) is 39.5 Å². The predicted octanol–water partition coefficient (Wildman–Crippen LogP) is 6.58. The van der Waals surface area contributed by atoms with Gasteiger partial charge in [0.15, 0.2) is 0 Å². The van der Waals surface area contributed by atoms with E-state index in [4.69, 9.17) is 4.74 Å². The fraction of sp³-hybridized carbons (Fsp3) is 0.194. The third-order valence-corrected chi connectivity index (χ3v) is 8.30. The van der Waals surface area contributed by atoms with Gasteiger partial charge in [0, 0.05) is 33.2 Å². The molecule has 3 aromatic carbocycles. The van der Waals surface area contributed by atoms with Crippen molar-refractivity contribution in [1.82, 2.24) is 14.7 Å². The molecule has 0 aliphatic carbocycles. The molecule has 222 valence electrons. The van der Waals surface area contributed by atoms with Crippen LogP contribution in [0.5, 0.6) is 5.75 Å². The molecule has 3 amide bonds. The standard InChI is InChI=1S/C31H31N5O4S3/c1-4-40-26-17-10-9-14-22(26)18-25(33-28(38)21-12-7-6-8-13-21)29(39)32-23-15-11-16-24(19-23)42-20(3)27(37)34-30-35-31(36-43-30)41-5-2/h6-20H,4-5H2,1-3H3,(H,32,39)(H,33,38)(H,34,35,36,37)/b25-18+. The number of aromatic nitrogens is 2. The average molecular weight is 634 g/mol. The van der Waals surface area contributed by atoms with E-state index >= 15 is 0 Å². The zero-order valence-corrected chi connectivity index (χ0v) is 26.3. The molecule has 3 N–H and O–H groups in total. The molecular weight excluding hydrogens is 603 g/mol. The van der Waals surface area contributed by atoms with E-state index in [0.717, 1.165) is 22.2 Å². The summed E-state index contributed by atoms with van der Waals surface area (Å²) < 4.78 is 9.94. The number of thioether (sulfide) groups is 2. The first-order valence-electron chi connectivity index (χ1n) is 13.5. The van der Waals surface area contributed by atoms with Crippen LogP contribution in [0.1, 0.15) is 36.7 Å². The van der Waals surface area contributed by atoms with Gasteiger partial charge in [-0.1, -0.05) is 61.2 Å². The fourth-order valence-electron chi connectivity index (χ4n) is 3.74. The van der Waals surface area contributed by atoms with Gasteiger partial charge in [0.2, 0.25) is 16.2 Å². The van der Waals surface area contributed by atoms with Gasteiger partial charge < -0.3 is 15.4 Å². The van der Waals surface area contributed by atoms with Crippen molar-refractivity contribution in [3.8, 4) is 5.75 Å². The molecule has 0 spiro atoms. The minimum absolute atomic E-state index is 0.0458. The quantitative estimate of drug-likeness (QED) is 0.112. The summed E-state index contributed by atoms with van der Waals surface area (Å²) in [5.74, 6) is 0.297. The second-order valence-electron chi connectivity index (χ2n) is 8.90. The van der Waals surface area contributed by atoms with Crippen LogP contribution in [0.2, 0.25) is 0 Å². The van der Waals surface area contributed by atoms with Crippen molar-refractivity contribution in [3.63, 3.8) is 0 Å². The number of hydrogen-bond acceptors (Lipinski definition) is 9. The summed E-state index contributed by atoms with van der Waals surface area (Å²) in [4.78, 5) is 44.4. The minimum Gasteiger partial charge on any atom is -0.493 e. The van der Waals surface area contributed by atoms with Crippen LogP contribution in [0.3, 0.4) is 0 Å². The lowest BCUT2D eigenvalue weighted by Gasteiger charge is -2.14. The summed E-state index contributed by atoms with van der Waals surface area (Å²) in [6, 6.07) is 23.1. The second kappa shape index (κ2) is 15.9. The van der Waals surface area contributed by atoms with E-state index in [1.165, 1.54) is 23.5 Å². The molecule has 0 saturated carbocycles. The maximum Gasteiger partial charge on any atom is 0.272 e. The lowest BCUT2D eigenvalue weighted by atomic mass is 10.1. The van der Waals surface area contributed by atoms with Gasteiger partial charge in [-0.3, -0.25) is 19.7 Å². The van der Waals surface area contributed by atoms with E-state index in [9.17, 15) is 14.4 Å². The molecule has 12 heteroatoms. The Bertz CT molecular complexity index is 1590. The zero-order chi connectivity index (χ0) is 30.6. The van der Waals surface area contributed by atoms with Crippen molar-refractivity contribution in [2.24, 2.45) is 0 Å². The smallest absolute Gasteiger partial charge is 0.272 e. The van der Waals surface area contributed by atoms with Crippen molar-refractivity contribution in [2.75, 3.05) is 23.0 Å². The molecule has 0 radical (unpaired) electrons. The third kappa shape index (κ3) is 9.43. The summed E-state index contributed by atoms with van der Waals surface area (Å²) >= 11 is 4.00. The first kappa shape index (κ1) is 31.8. The van der Waals surface area contributed by atoms with Gasteiger partial charge in [-0.25, -0.2) is 0 Å². The number of anilines is 2. The van der Waals surface area contributed by atoms with Crippen LogP contribution in [0.15, 0.2) is 94.6 Å². The third-order valence-electron chi connectivity index (χ3n) is 5.73. The molecule has 0 aliphatic rings. The minimum atomic E-state index is -0.513. The van der Waals surface area contributed by atoms with E-state index in [-0.39, 0.29) is 11.6 Å². The number of carbonyl (C=O) groups excluding carboxylic acids is 3. The Morgan fingerprint density at radius 2 is 1.74 bits per heavy atom. The molecule has 0 bridgehead atoms. The Hall–Kier alpha value is -4.13. The van der Waals surface area contributed by atoms with Crippen LogP contribution >= 0.6 is 35.1 Å². The van der Waals surface area contributed by atoms with Crippen LogP contribution in [0.25, 0.3) is 6.08 Å². The van der Waals surface area contributed by atoms with Gasteiger partial charge in [0.05, 0.1) is 11.9 Å². The summed E-state index contributed by atoms with van der Waals surface area (Å²) in [6.45, 7) is 6.13. The van der Waals surface area contributed by atoms with Crippen molar-refractivity contribution in [2.45, 2.75) is 36.1 Å². The normalized spacial score (nSPS) is 11.8. The molecule has 4 rings (SSSR count). The highest BCUT2D eigenvalue weighted by Crippen LogP contribution is 2.28. The summed E-state index contributed by atoms with van der Waals surface area (Å²) in [7, 11) is 0. The molecule has 1 heterocycles. The van der Waals surface area contributed by atoms with E-state index < -0.39 is 17.1 Å². The van der Waals surface area contributed by atoms with Gasteiger partial charge in [0.1, 0.15) is 11.4 Å². The highest BCUT2D eigenvalue weighted by molar-refractivity contribution is 8.00. The molecule has 0 fully saturated rings. The number of para-hydroxylation sites is 1.